The quantitative estimate of drug-likeness (QED) is 0.414. The Bertz CT molecular complexity index is 946. The first-order chi connectivity index (χ1) is 15.4. The zero-order chi connectivity index (χ0) is 23.1. The first-order valence-corrected chi connectivity index (χ1v) is 12.3. The molecule has 0 aliphatic heterocycles. The van der Waals surface area contributed by atoms with Crippen molar-refractivity contribution in [1.82, 2.24) is 25.4 Å². The lowest BCUT2D eigenvalue weighted by atomic mass is 9.86. The number of thioether (sulfide) groups is 1. The predicted molar refractivity (Wildman–Crippen MR) is 128 cm³/mol. The second kappa shape index (κ2) is 11.5. The van der Waals surface area contributed by atoms with E-state index in [1.54, 1.807) is 30.3 Å². The van der Waals surface area contributed by atoms with E-state index in [1.165, 1.54) is 24.6 Å². The molecule has 9 heteroatoms. The van der Waals surface area contributed by atoms with Gasteiger partial charge in [-0.3, -0.25) is 9.59 Å². The summed E-state index contributed by atoms with van der Waals surface area (Å²) < 4.78 is 1.88. The molecule has 2 N–H and O–H groups in total. The number of amides is 2. The Balaban J connectivity index is 1.62. The SMILES string of the molecule is C=CCn1c(SCC(=O)N[C@@H]2CCCC[C@H]2C)nnc1[C@@H](C)NC(=O)c1ccc(Cl)cc1. The van der Waals surface area contributed by atoms with Gasteiger partial charge in [0, 0.05) is 23.2 Å². The molecule has 3 atom stereocenters. The van der Waals surface area contributed by atoms with Gasteiger partial charge in [-0.25, -0.2) is 0 Å². The van der Waals surface area contributed by atoms with Crippen LogP contribution in [0, 0.1) is 5.92 Å². The van der Waals surface area contributed by atoms with Crippen molar-refractivity contribution < 1.29 is 9.59 Å². The van der Waals surface area contributed by atoms with E-state index >= 15 is 0 Å². The number of hydrogen-bond donors (Lipinski definition) is 2. The molecule has 172 valence electrons. The molecule has 1 aliphatic carbocycles. The van der Waals surface area contributed by atoms with Gasteiger partial charge in [0.05, 0.1) is 11.8 Å². The summed E-state index contributed by atoms with van der Waals surface area (Å²) in [6.45, 7) is 8.34. The number of nitrogens with zero attached hydrogens (tertiary/aromatic N) is 3. The third kappa shape index (κ3) is 6.36. The lowest BCUT2D eigenvalue weighted by Crippen LogP contribution is -2.41. The summed E-state index contributed by atoms with van der Waals surface area (Å²) in [4.78, 5) is 25.0. The molecular weight excluding hydrogens is 446 g/mol. The van der Waals surface area contributed by atoms with E-state index in [4.69, 9.17) is 11.6 Å². The number of benzene rings is 1. The Morgan fingerprint density at radius 3 is 2.69 bits per heavy atom. The predicted octanol–water partition coefficient (Wildman–Crippen LogP) is 4.40. The second-order valence-electron chi connectivity index (χ2n) is 8.17. The lowest BCUT2D eigenvalue weighted by Gasteiger charge is -2.29. The molecule has 0 radical (unpaired) electrons. The lowest BCUT2D eigenvalue weighted by molar-refractivity contribution is -0.119. The van der Waals surface area contributed by atoms with E-state index in [-0.39, 0.29) is 29.7 Å². The highest BCUT2D eigenvalue weighted by Crippen LogP contribution is 2.25. The van der Waals surface area contributed by atoms with E-state index in [9.17, 15) is 9.59 Å². The van der Waals surface area contributed by atoms with Crippen molar-refractivity contribution in [3.05, 3.63) is 53.3 Å². The number of aromatic nitrogens is 3. The zero-order valence-corrected chi connectivity index (χ0v) is 20.1. The topological polar surface area (TPSA) is 88.9 Å². The minimum absolute atomic E-state index is 0.00698. The molecule has 32 heavy (non-hydrogen) atoms. The van der Waals surface area contributed by atoms with Crippen LogP contribution in [0.3, 0.4) is 0 Å². The molecule has 0 spiro atoms. The Hall–Kier alpha value is -2.32. The Kier molecular flexibility index (Phi) is 8.75. The van der Waals surface area contributed by atoms with Crippen LogP contribution in [0.25, 0.3) is 0 Å². The summed E-state index contributed by atoms with van der Waals surface area (Å²) in [5.41, 5.74) is 0.513. The van der Waals surface area contributed by atoms with Gasteiger partial charge in [-0.05, 0) is 49.9 Å². The third-order valence-electron chi connectivity index (χ3n) is 5.69. The molecule has 0 bridgehead atoms. The molecule has 3 rings (SSSR count). The summed E-state index contributed by atoms with van der Waals surface area (Å²) in [5.74, 6) is 1.17. The molecule has 2 amide bonds. The summed E-state index contributed by atoms with van der Waals surface area (Å²) >= 11 is 7.24. The number of carbonyl (C=O) groups excluding carboxylic acids is 2. The van der Waals surface area contributed by atoms with Crippen LogP contribution >= 0.6 is 23.4 Å². The summed E-state index contributed by atoms with van der Waals surface area (Å²) in [6, 6.07) is 6.57. The van der Waals surface area contributed by atoms with Gasteiger partial charge in [0.2, 0.25) is 5.91 Å². The third-order valence-corrected chi connectivity index (χ3v) is 6.91. The van der Waals surface area contributed by atoms with Gasteiger partial charge in [0.25, 0.3) is 5.91 Å². The Morgan fingerprint density at radius 2 is 2.00 bits per heavy atom. The molecule has 0 saturated heterocycles. The van der Waals surface area contributed by atoms with Crippen molar-refractivity contribution in [1.29, 1.82) is 0 Å². The molecule has 2 aromatic rings. The van der Waals surface area contributed by atoms with Crippen LogP contribution in [0.2, 0.25) is 5.02 Å². The van der Waals surface area contributed by atoms with Gasteiger partial charge in [0.1, 0.15) is 0 Å². The number of hydrogen-bond acceptors (Lipinski definition) is 5. The molecule has 1 saturated carbocycles. The maximum absolute atomic E-state index is 12.6. The van der Waals surface area contributed by atoms with Gasteiger partial charge in [-0.1, -0.05) is 49.2 Å². The Labute approximate surface area is 198 Å². The maximum Gasteiger partial charge on any atom is 0.251 e. The van der Waals surface area contributed by atoms with Crippen molar-refractivity contribution in [3.63, 3.8) is 0 Å². The highest BCUT2D eigenvalue weighted by molar-refractivity contribution is 7.99. The van der Waals surface area contributed by atoms with Crippen LogP contribution in [0.15, 0.2) is 42.1 Å². The highest BCUT2D eigenvalue weighted by atomic mass is 35.5. The minimum Gasteiger partial charge on any atom is -0.352 e. The maximum atomic E-state index is 12.6. The fraction of sp³-hybridized carbons (Fsp3) is 0.478. The van der Waals surface area contributed by atoms with E-state index in [0.717, 1.165) is 12.8 Å². The summed E-state index contributed by atoms with van der Waals surface area (Å²) in [5, 5.41) is 15.8. The van der Waals surface area contributed by atoms with Crippen LogP contribution in [0.4, 0.5) is 0 Å². The van der Waals surface area contributed by atoms with Crippen molar-refractivity contribution in [2.24, 2.45) is 5.92 Å². The molecule has 1 fully saturated rings. The molecule has 1 heterocycles. The largest absolute Gasteiger partial charge is 0.352 e. The standard InChI is InChI=1S/C23H30ClN5O2S/c1-4-13-29-21(16(3)25-22(31)17-9-11-18(24)12-10-17)27-28-23(29)32-14-20(30)26-19-8-6-5-7-15(19)2/h4,9-12,15-16,19H,1,5-8,13-14H2,2-3H3,(H,25,31)(H,26,30)/t15-,16-,19-/m1/s1. The van der Waals surface area contributed by atoms with Crippen molar-refractivity contribution in [3.8, 4) is 0 Å². The monoisotopic (exact) mass is 475 g/mol. The number of rotatable bonds is 9. The zero-order valence-electron chi connectivity index (χ0n) is 18.5. The molecule has 1 aromatic carbocycles. The van der Waals surface area contributed by atoms with Crippen LogP contribution in [-0.2, 0) is 11.3 Å². The van der Waals surface area contributed by atoms with Crippen molar-refractivity contribution >= 4 is 35.2 Å². The van der Waals surface area contributed by atoms with E-state index < -0.39 is 0 Å². The number of halogens is 1. The van der Waals surface area contributed by atoms with Gasteiger partial charge in [-0.2, -0.15) is 0 Å². The van der Waals surface area contributed by atoms with Crippen LogP contribution in [-0.4, -0.2) is 38.4 Å². The molecule has 1 aliphatic rings. The number of nitrogens with one attached hydrogen (secondary N) is 2. The fourth-order valence-electron chi connectivity index (χ4n) is 3.88. The Morgan fingerprint density at radius 1 is 1.28 bits per heavy atom. The number of carbonyl (C=O) groups is 2. The van der Waals surface area contributed by atoms with Gasteiger partial charge >= 0.3 is 0 Å². The average Bonchev–Trinajstić information content (AvgIpc) is 3.17. The summed E-state index contributed by atoms with van der Waals surface area (Å²) in [7, 11) is 0. The second-order valence-corrected chi connectivity index (χ2v) is 9.55. The normalized spacial score (nSPS) is 19.2. The van der Waals surface area contributed by atoms with Crippen molar-refractivity contribution in [2.45, 2.75) is 63.3 Å². The summed E-state index contributed by atoms with van der Waals surface area (Å²) in [6.07, 6.45) is 6.35. The van der Waals surface area contributed by atoms with Crippen LogP contribution < -0.4 is 10.6 Å². The van der Waals surface area contributed by atoms with Gasteiger partial charge < -0.3 is 15.2 Å². The van der Waals surface area contributed by atoms with Gasteiger partial charge in [-0.15, -0.1) is 16.8 Å². The van der Waals surface area contributed by atoms with Gasteiger partial charge in [0.15, 0.2) is 11.0 Å². The average molecular weight is 476 g/mol. The molecular formula is C23H30ClN5O2S. The van der Waals surface area contributed by atoms with Crippen LogP contribution in [0.1, 0.15) is 61.8 Å². The van der Waals surface area contributed by atoms with E-state index in [2.05, 4.69) is 34.3 Å². The highest BCUT2D eigenvalue weighted by Gasteiger charge is 2.24. The molecule has 1 aromatic heterocycles. The first kappa shape index (κ1) is 24.3. The smallest absolute Gasteiger partial charge is 0.251 e. The van der Waals surface area contributed by atoms with Crippen molar-refractivity contribution in [2.75, 3.05) is 5.75 Å². The van der Waals surface area contributed by atoms with E-state index in [0.29, 0.717) is 34.0 Å². The fourth-order valence-corrected chi connectivity index (χ4v) is 4.77. The van der Waals surface area contributed by atoms with Crippen LogP contribution in [0.5, 0.6) is 0 Å². The molecule has 7 nitrogen and oxygen atoms in total. The minimum atomic E-state index is -0.378. The van der Waals surface area contributed by atoms with E-state index in [1.807, 2.05) is 11.5 Å². The number of allylic oxidation sites excluding steroid dienone is 1. The molecule has 0 unspecified atom stereocenters. The first-order valence-electron chi connectivity index (χ1n) is 10.9.